The molecule has 2 saturated heterocycles. The number of nitrogens with zero attached hydrogens (tertiary/aromatic N) is 4. The van der Waals surface area contributed by atoms with Gasteiger partial charge in [-0.2, -0.15) is 5.10 Å². The molecule has 0 radical (unpaired) electrons. The van der Waals surface area contributed by atoms with Gasteiger partial charge in [-0.25, -0.2) is 9.07 Å². The average molecular weight is 401 g/mol. The second-order valence-electron chi connectivity index (χ2n) is 7.41. The Labute approximate surface area is 165 Å². The molecule has 0 saturated carbocycles. The predicted octanol–water partition coefficient (Wildman–Crippen LogP) is 2.21. The van der Waals surface area contributed by atoms with Gasteiger partial charge in [0.05, 0.1) is 30.4 Å². The third-order valence-electron chi connectivity index (χ3n) is 5.71. The summed E-state index contributed by atoms with van der Waals surface area (Å²) in [4.78, 5) is 19.5. The van der Waals surface area contributed by atoms with E-state index in [2.05, 4.69) is 27.3 Å². The Balaban J connectivity index is 1.46. The first-order valence-electron chi connectivity index (χ1n) is 9.28. The van der Waals surface area contributed by atoms with E-state index < -0.39 is 5.82 Å². The van der Waals surface area contributed by atoms with E-state index >= 15 is 0 Å². The fourth-order valence-corrected chi connectivity index (χ4v) is 4.80. The van der Waals surface area contributed by atoms with Crippen molar-refractivity contribution in [1.82, 2.24) is 25.0 Å². The number of morpholine rings is 1. The maximum absolute atomic E-state index is 13.9. The van der Waals surface area contributed by atoms with Crippen molar-refractivity contribution in [2.24, 2.45) is 0 Å². The van der Waals surface area contributed by atoms with Crippen molar-refractivity contribution in [1.29, 1.82) is 0 Å². The number of rotatable bonds is 3. The normalized spacial score (nSPS) is 25.1. The van der Waals surface area contributed by atoms with Gasteiger partial charge in [0.15, 0.2) is 5.69 Å². The highest BCUT2D eigenvalue weighted by molar-refractivity contribution is 7.12. The molecule has 7 nitrogen and oxygen atoms in total. The summed E-state index contributed by atoms with van der Waals surface area (Å²) >= 11 is 1.41. The molecular weight excluding hydrogens is 381 g/mol. The maximum atomic E-state index is 13.9. The van der Waals surface area contributed by atoms with E-state index in [1.807, 2.05) is 0 Å². The molecule has 2 fully saturated rings. The molecule has 9 heteroatoms. The Hall–Kier alpha value is -2.36. The van der Waals surface area contributed by atoms with Crippen molar-refractivity contribution < 1.29 is 13.9 Å². The number of halogens is 1. The van der Waals surface area contributed by atoms with Crippen LogP contribution in [0.1, 0.15) is 23.3 Å². The minimum Gasteiger partial charge on any atom is -0.378 e. The number of benzene rings is 1. The first-order chi connectivity index (χ1) is 13.6. The van der Waals surface area contributed by atoms with E-state index in [1.165, 1.54) is 23.5 Å². The summed E-state index contributed by atoms with van der Waals surface area (Å²) in [5.41, 5.74) is 2.62. The van der Waals surface area contributed by atoms with Crippen LogP contribution in [0.15, 0.2) is 29.9 Å². The summed E-state index contributed by atoms with van der Waals surface area (Å²) in [6.07, 6.45) is 3.35. The Morgan fingerprint density at radius 2 is 2.11 bits per heavy atom. The molecule has 1 N–H and O–H groups in total. The number of piperidine rings is 1. The number of hydrogen-bond donors (Lipinski definition) is 1. The van der Waals surface area contributed by atoms with Gasteiger partial charge in [-0.05, 0) is 38.1 Å². The van der Waals surface area contributed by atoms with Gasteiger partial charge in [-0.3, -0.25) is 14.7 Å². The molecule has 5 rings (SSSR count). The summed E-state index contributed by atoms with van der Waals surface area (Å²) in [6, 6.07) is 5.06. The fourth-order valence-electron chi connectivity index (χ4n) is 4.21. The number of ether oxygens (including phenoxy) is 1. The quantitative estimate of drug-likeness (QED) is 0.729. The van der Waals surface area contributed by atoms with Crippen molar-refractivity contribution in [2.75, 3.05) is 20.3 Å². The lowest BCUT2D eigenvalue weighted by atomic mass is 9.90. The van der Waals surface area contributed by atoms with Crippen LogP contribution in [0.25, 0.3) is 15.9 Å². The zero-order chi connectivity index (χ0) is 19.3. The number of likely N-dealkylation sites (N-methyl/N-ethyl adjacent to an activating group) is 1. The number of fused-ring (bicyclic) bond motifs is 3. The van der Waals surface area contributed by atoms with E-state index in [-0.39, 0.29) is 17.6 Å². The van der Waals surface area contributed by atoms with Crippen LogP contribution in [0.4, 0.5) is 4.39 Å². The van der Waals surface area contributed by atoms with Crippen LogP contribution in [0.2, 0.25) is 0 Å². The topological polar surface area (TPSA) is 72.3 Å². The Kier molecular flexibility index (Phi) is 4.37. The smallest absolute Gasteiger partial charge is 0.272 e. The largest absolute Gasteiger partial charge is 0.378 e. The molecule has 146 valence electrons. The van der Waals surface area contributed by atoms with Crippen molar-refractivity contribution in [2.45, 2.75) is 31.0 Å². The third-order valence-corrected chi connectivity index (χ3v) is 6.45. The Morgan fingerprint density at radius 1 is 1.32 bits per heavy atom. The second-order valence-corrected chi connectivity index (χ2v) is 8.28. The van der Waals surface area contributed by atoms with Gasteiger partial charge in [0, 0.05) is 23.5 Å². The molecular formula is C19H20FN5O2S. The fraction of sp³-hybridized carbons (Fsp3) is 0.421. The third kappa shape index (κ3) is 2.99. The summed E-state index contributed by atoms with van der Waals surface area (Å²) < 4.78 is 21.2. The lowest BCUT2D eigenvalue weighted by Crippen LogP contribution is -2.59. The van der Waals surface area contributed by atoms with Crippen molar-refractivity contribution >= 4 is 28.1 Å². The van der Waals surface area contributed by atoms with Gasteiger partial charge in [0.25, 0.3) is 5.91 Å². The average Bonchev–Trinajstić information content (AvgIpc) is 3.29. The van der Waals surface area contributed by atoms with Crippen LogP contribution in [0.5, 0.6) is 0 Å². The van der Waals surface area contributed by atoms with Crippen molar-refractivity contribution in [3.8, 4) is 5.00 Å². The predicted molar refractivity (Wildman–Crippen MR) is 103 cm³/mol. The van der Waals surface area contributed by atoms with Gasteiger partial charge in [-0.1, -0.05) is 0 Å². The lowest BCUT2D eigenvalue weighted by Gasteiger charge is -2.46. The van der Waals surface area contributed by atoms with Gasteiger partial charge >= 0.3 is 0 Å². The monoisotopic (exact) mass is 401 g/mol. The maximum Gasteiger partial charge on any atom is 0.272 e. The second kappa shape index (κ2) is 6.91. The number of nitrogens with one attached hydrogen (secondary N) is 1. The molecule has 1 amide bonds. The van der Waals surface area contributed by atoms with E-state index in [0.717, 1.165) is 17.8 Å². The number of thiazole rings is 1. The number of carbonyl (C=O) groups is 1. The summed E-state index contributed by atoms with van der Waals surface area (Å²) in [5, 5.41) is 8.90. The molecule has 0 spiro atoms. The van der Waals surface area contributed by atoms with Crippen molar-refractivity contribution in [3.05, 3.63) is 41.4 Å². The molecule has 1 aromatic carbocycles. The van der Waals surface area contributed by atoms with E-state index in [0.29, 0.717) is 36.2 Å². The standard InChI is InChI=1S/C19H20FN5O2S/c1-24-13-5-12(6-14(24)9-27-8-13)22-19(26)18-15-4-11(20)2-3-16(15)25(23-18)17-7-21-10-28-17/h2-4,7,10,12-14H,5-6,8-9H2,1H3,(H,22,26). The van der Waals surface area contributed by atoms with Gasteiger partial charge < -0.3 is 10.1 Å². The van der Waals surface area contributed by atoms with Crippen molar-refractivity contribution in [3.63, 3.8) is 0 Å². The zero-order valence-electron chi connectivity index (χ0n) is 15.3. The highest BCUT2D eigenvalue weighted by atomic mass is 32.1. The van der Waals surface area contributed by atoms with Crippen LogP contribution in [-0.4, -0.2) is 64.0 Å². The lowest BCUT2D eigenvalue weighted by molar-refractivity contribution is -0.0670. The molecule has 2 bridgehead atoms. The molecule has 2 atom stereocenters. The number of amides is 1. The molecule has 3 aromatic rings. The highest BCUT2D eigenvalue weighted by Gasteiger charge is 2.37. The van der Waals surface area contributed by atoms with Gasteiger partial charge in [0.2, 0.25) is 0 Å². The van der Waals surface area contributed by atoms with Crippen LogP contribution in [0.3, 0.4) is 0 Å². The highest BCUT2D eigenvalue weighted by Crippen LogP contribution is 2.28. The number of hydrogen-bond acceptors (Lipinski definition) is 6. The van der Waals surface area contributed by atoms with Gasteiger partial charge in [-0.15, -0.1) is 11.3 Å². The van der Waals surface area contributed by atoms with Crippen LogP contribution < -0.4 is 5.32 Å². The molecule has 2 unspecified atom stereocenters. The molecule has 0 aliphatic carbocycles. The summed E-state index contributed by atoms with van der Waals surface area (Å²) in [6.45, 7) is 1.38. The minimum atomic E-state index is -0.392. The van der Waals surface area contributed by atoms with E-state index in [4.69, 9.17) is 4.74 Å². The zero-order valence-corrected chi connectivity index (χ0v) is 16.2. The Morgan fingerprint density at radius 3 is 2.82 bits per heavy atom. The molecule has 4 heterocycles. The first-order valence-corrected chi connectivity index (χ1v) is 10.2. The molecule has 2 aromatic heterocycles. The molecule has 28 heavy (non-hydrogen) atoms. The van der Waals surface area contributed by atoms with Gasteiger partial charge in [0.1, 0.15) is 10.8 Å². The molecule has 2 aliphatic rings. The first kappa shape index (κ1) is 17.7. The van der Waals surface area contributed by atoms with E-state index in [9.17, 15) is 9.18 Å². The Bertz CT molecular complexity index is 1010. The number of carbonyl (C=O) groups excluding carboxylic acids is 1. The van der Waals surface area contributed by atoms with E-state index in [1.54, 1.807) is 22.5 Å². The van der Waals surface area contributed by atoms with Crippen LogP contribution in [0, 0.1) is 5.82 Å². The summed E-state index contributed by atoms with van der Waals surface area (Å²) in [5.74, 6) is -0.663. The minimum absolute atomic E-state index is 0.0553. The van der Waals surface area contributed by atoms with Crippen LogP contribution in [-0.2, 0) is 4.74 Å². The summed E-state index contributed by atoms with van der Waals surface area (Å²) in [7, 11) is 2.11. The number of aromatic nitrogens is 3. The molecule has 2 aliphatic heterocycles. The van der Waals surface area contributed by atoms with Crippen LogP contribution >= 0.6 is 11.3 Å². The SMILES string of the molecule is CN1C2COCC1CC(NC(=O)c1nn(-c3cncs3)c3ccc(F)cc13)C2.